The minimum atomic E-state index is -0.140. The van der Waals surface area contributed by atoms with E-state index < -0.39 is 0 Å². The maximum atomic E-state index is 6.06. The topological polar surface area (TPSA) is 18.5 Å². The molecule has 0 radical (unpaired) electrons. The molecule has 0 N–H and O–H groups in total. The van der Waals surface area contributed by atoms with Crippen LogP contribution in [0.4, 0.5) is 0 Å². The molecule has 3 rings (SSSR count). The smallest absolute Gasteiger partial charge is 0.200 e. The quantitative estimate of drug-likeness (QED) is 0.807. The fourth-order valence-electron chi connectivity index (χ4n) is 2.73. The van der Waals surface area contributed by atoms with Gasteiger partial charge in [0.2, 0.25) is 0 Å². The van der Waals surface area contributed by atoms with Gasteiger partial charge in [-0.05, 0) is 29.2 Å². The third kappa shape index (κ3) is 2.56. The van der Waals surface area contributed by atoms with Gasteiger partial charge in [0.25, 0.3) is 0 Å². The highest BCUT2D eigenvalue weighted by molar-refractivity contribution is 5.92. The predicted molar refractivity (Wildman–Crippen MR) is 82.8 cm³/mol. The van der Waals surface area contributed by atoms with E-state index >= 15 is 0 Å². The molecule has 2 nitrogen and oxygen atoms in total. The van der Waals surface area contributed by atoms with Crippen LogP contribution in [0.3, 0.4) is 0 Å². The molecule has 1 fully saturated rings. The van der Waals surface area contributed by atoms with Crippen LogP contribution in [-0.4, -0.2) is 12.9 Å². The van der Waals surface area contributed by atoms with E-state index in [-0.39, 0.29) is 6.29 Å². The number of hydrogen-bond acceptors (Lipinski definition) is 2. The van der Waals surface area contributed by atoms with Crippen molar-refractivity contribution >= 4 is 16.8 Å². The zero-order chi connectivity index (χ0) is 13.9. The summed E-state index contributed by atoms with van der Waals surface area (Å²) in [5, 5.41) is 2.37. The lowest BCUT2D eigenvalue weighted by molar-refractivity contribution is -0.119. The average molecular weight is 268 g/mol. The summed E-state index contributed by atoms with van der Waals surface area (Å²) in [6.45, 7) is 6.95. The molecule has 104 valence electrons. The molecule has 0 aromatic heterocycles. The molecule has 2 atom stereocenters. The second-order valence-electron chi connectivity index (χ2n) is 5.45. The van der Waals surface area contributed by atoms with Crippen LogP contribution >= 0.6 is 0 Å². The minimum Gasteiger partial charge on any atom is -0.464 e. The first-order valence-corrected chi connectivity index (χ1v) is 7.20. The van der Waals surface area contributed by atoms with E-state index in [1.165, 1.54) is 10.8 Å². The molecule has 1 aliphatic heterocycles. The molecule has 0 amide bonds. The first-order chi connectivity index (χ1) is 9.78. The van der Waals surface area contributed by atoms with Gasteiger partial charge < -0.3 is 9.47 Å². The Morgan fingerprint density at radius 2 is 2.10 bits per heavy atom. The Hall–Kier alpha value is -1.80. The van der Waals surface area contributed by atoms with Crippen molar-refractivity contribution in [2.75, 3.05) is 6.61 Å². The Kier molecular flexibility index (Phi) is 3.75. The van der Waals surface area contributed by atoms with Gasteiger partial charge in [-0.2, -0.15) is 0 Å². The van der Waals surface area contributed by atoms with Crippen molar-refractivity contribution in [2.45, 2.75) is 26.1 Å². The largest absolute Gasteiger partial charge is 0.464 e. The van der Waals surface area contributed by atoms with Crippen LogP contribution in [0.25, 0.3) is 16.8 Å². The normalized spacial score (nSPS) is 22.6. The van der Waals surface area contributed by atoms with Crippen LogP contribution in [0, 0.1) is 5.92 Å². The van der Waals surface area contributed by atoms with Gasteiger partial charge >= 0.3 is 0 Å². The van der Waals surface area contributed by atoms with Gasteiger partial charge in [-0.3, -0.25) is 0 Å². The number of ether oxygens (including phenoxy) is 2. The van der Waals surface area contributed by atoms with Crippen molar-refractivity contribution in [1.82, 2.24) is 0 Å². The van der Waals surface area contributed by atoms with Crippen LogP contribution in [-0.2, 0) is 4.74 Å². The van der Waals surface area contributed by atoms with Gasteiger partial charge in [-0.1, -0.05) is 49.9 Å². The highest BCUT2D eigenvalue weighted by Crippen LogP contribution is 2.31. The van der Waals surface area contributed by atoms with Gasteiger partial charge in [0.05, 0.1) is 6.61 Å². The highest BCUT2D eigenvalue weighted by atomic mass is 16.7. The predicted octanol–water partition coefficient (Wildman–Crippen LogP) is 4.63. The van der Waals surface area contributed by atoms with Gasteiger partial charge in [0.1, 0.15) is 5.75 Å². The molecular formula is C18H20O2. The number of hydrogen-bond donors (Lipinski definition) is 0. The molecule has 1 saturated heterocycles. The summed E-state index contributed by atoms with van der Waals surface area (Å²) in [5.41, 5.74) is 1.05. The first kappa shape index (κ1) is 13.2. The summed E-state index contributed by atoms with van der Waals surface area (Å²) in [5.74, 6) is 1.51. The number of rotatable bonds is 3. The van der Waals surface area contributed by atoms with E-state index in [1.807, 2.05) is 24.3 Å². The monoisotopic (exact) mass is 268 g/mol. The Balaban J connectivity index is 1.93. The van der Waals surface area contributed by atoms with Gasteiger partial charge in [0.15, 0.2) is 6.29 Å². The van der Waals surface area contributed by atoms with E-state index in [4.69, 9.17) is 9.47 Å². The summed E-state index contributed by atoms with van der Waals surface area (Å²) >= 11 is 0. The number of fused-ring (bicyclic) bond motifs is 1. The maximum absolute atomic E-state index is 6.06. The molecule has 2 aromatic rings. The molecule has 20 heavy (non-hydrogen) atoms. The Bertz CT molecular complexity index is 618. The Labute approximate surface area is 120 Å². The van der Waals surface area contributed by atoms with E-state index in [9.17, 15) is 0 Å². The molecule has 1 heterocycles. The van der Waals surface area contributed by atoms with Gasteiger partial charge in [0, 0.05) is 12.0 Å². The van der Waals surface area contributed by atoms with Crippen molar-refractivity contribution < 1.29 is 9.47 Å². The Morgan fingerprint density at radius 3 is 2.90 bits per heavy atom. The highest BCUT2D eigenvalue weighted by Gasteiger charge is 2.21. The number of benzene rings is 2. The second-order valence-corrected chi connectivity index (χ2v) is 5.45. The summed E-state index contributed by atoms with van der Waals surface area (Å²) in [4.78, 5) is 0. The molecule has 0 aliphatic carbocycles. The first-order valence-electron chi connectivity index (χ1n) is 7.20. The van der Waals surface area contributed by atoms with Crippen LogP contribution in [0.15, 0.2) is 43.0 Å². The van der Waals surface area contributed by atoms with Crippen molar-refractivity contribution in [3.05, 3.63) is 48.5 Å². The zero-order valence-electron chi connectivity index (χ0n) is 11.8. The van der Waals surface area contributed by atoms with E-state index in [1.54, 1.807) is 0 Å². The van der Waals surface area contributed by atoms with Crippen LogP contribution in [0.5, 0.6) is 5.75 Å². The van der Waals surface area contributed by atoms with E-state index in [0.29, 0.717) is 5.92 Å². The van der Waals surface area contributed by atoms with Crippen LogP contribution in [0.1, 0.15) is 25.3 Å². The third-order valence-electron chi connectivity index (χ3n) is 3.90. The summed E-state index contributed by atoms with van der Waals surface area (Å²) in [6, 6.07) is 12.4. The SMILES string of the molecule is C=Cc1c(OC2CC(C)CCO2)ccc2ccccc12. The summed E-state index contributed by atoms with van der Waals surface area (Å²) in [6.07, 6.45) is 3.79. The lowest BCUT2D eigenvalue weighted by Crippen LogP contribution is -2.29. The molecule has 1 aliphatic rings. The molecular weight excluding hydrogens is 248 g/mol. The molecule has 2 aromatic carbocycles. The minimum absolute atomic E-state index is 0.140. The average Bonchev–Trinajstić information content (AvgIpc) is 2.47. The van der Waals surface area contributed by atoms with Gasteiger partial charge in [-0.15, -0.1) is 0 Å². The molecule has 0 bridgehead atoms. The fraction of sp³-hybridized carbons (Fsp3) is 0.333. The van der Waals surface area contributed by atoms with Crippen molar-refractivity contribution in [1.29, 1.82) is 0 Å². The standard InChI is InChI=1S/C18H20O2/c1-3-15-16-7-5-4-6-14(16)8-9-17(15)20-18-12-13(2)10-11-19-18/h3-9,13,18H,1,10-12H2,2H3. The van der Waals surface area contributed by atoms with Crippen LogP contribution < -0.4 is 4.74 Å². The lowest BCUT2D eigenvalue weighted by atomic mass is 10.0. The lowest BCUT2D eigenvalue weighted by Gasteiger charge is -2.28. The van der Waals surface area contributed by atoms with E-state index in [2.05, 4.69) is 31.7 Å². The van der Waals surface area contributed by atoms with Crippen LogP contribution in [0.2, 0.25) is 0 Å². The zero-order valence-corrected chi connectivity index (χ0v) is 11.8. The van der Waals surface area contributed by atoms with Crippen molar-refractivity contribution in [3.8, 4) is 5.75 Å². The fourth-order valence-corrected chi connectivity index (χ4v) is 2.73. The van der Waals surface area contributed by atoms with Crippen molar-refractivity contribution in [3.63, 3.8) is 0 Å². The Morgan fingerprint density at radius 1 is 1.25 bits per heavy atom. The second kappa shape index (κ2) is 5.68. The summed E-state index contributed by atoms with van der Waals surface area (Å²) in [7, 11) is 0. The van der Waals surface area contributed by atoms with E-state index in [0.717, 1.165) is 30.8 Å². The molecule has 0 saturated carbocycles. The third-order valence-corrected chi connectivity index (χ3v) is 3.90. The molecule has 0 spiro atoms. The summed E-state index contributed by atoms with van der Waals surface area (Å²) < 4.78 is 11.8. The van der Waals surface area contributed by atoms with Gasteiger partial charge in [-0.25, -0.2) is 0 Å². The molecule has 2 unspecified atom stereocenters. The maximum Gasteiger partial charge on any atom is 0.200 e. The molecule has 2 heteroatoms. The van der Waals surface area contributed by atoms with Crippen molar-refractivity contribution in [2.24, 2.45) is 5.92 Å².